The number of benzene rings is 1. The van der Waals surface area contributed by atoms with Crippen LogP contribution in [0.1, 0.15) is 27.7 Å². The lowest BCUT2D eigenvalue weighted by Gasteiger charge is -2.22. The normalized spacial score (nSPS) is 12.7. The zero-order valence-corrected chi connectivity index (χ0v) is 13.6. The van der Waals surface area contributed by atoms with Crippen molar-refractivity contribution in [2.45, 2.75) is 39.3 Å². The average molecular weight is 348 g/mol. The van der Waals surface area contributed by atoms with E-state index in [1.165, 1.54) is 6.07 Å². The number of rotatable bonds is 4. The van der Waals surface area contributed by atoms with Crippen molar-refractivity contribution in [1.29, 1.82) is 0 Å². The second-order valence-electron chi connectivity index (χ2n) is 5.41. The number of ether oxygens (including phenoxy) is 2. The molecule has 1 rings (SSSR count). The van der Waals surface area contributed by atoms with E-state index in [9.17, 15) is 9.18 Å². The predicted molar refractivity (Wildman–Crippen MR) is 78.4 cm³/mol. The highest BCUT2D eigenvalue weighted by atomic mass is 79.9. The molecule has 0 aliphatic carbocycles. The zero-order valence-electron chi connectivity index (χ0n) is 12.0. The summed E-state index contributed by atoms with van der Waals surface area (Å²) in [5.74, 6) is -0.325. The first-order valence-electron chi connectivity index (χ1n) is 6.25. The van der Waals surface area contributed by atoms with Gasteiger partial charge in [0.1, 0.15) is 12.2 Å². The number of amides is 1. The van der Waals surface area contributed by atoms with Gasteiger partial charge in [-0.3, -0.25) is 0 Å². The van der Waals surface area contributed by atoms with E-state index in [0.717, 1.165) is 0 Å². The van der Waals surface area contributed by atoms with E-state index in [0.29, 0.717) is 4.47 Å². The summed E-state index contributed by atoms with van der Waals surface area (Å²) in [6, 6.07) is 4.49. The Morgan fingerprint density at radius 2 is 2.10 bits per heavy atom. The maximum atomic E-state index is 13.7. The van der Waals surface area contributed by atoms with Crippen LogP contribution in [-0.4, -0.2) is 24.3 Å². The topological polar surface area (TPSA) is 47.6 Å². The number of halogens is 2. The maximum absolute atomic E-state index is 13.7. The molecule has 1 atom stereocenters. The van der Waals surface area contributed by atoms with Crippen molar-refractivity contribution in [2.75, 3.05) is 6.61 Å². The van der Waals surface area contributed by atoms with Crippen molar-refractivity contribution in [3.05, 3.63) is 28.5 Å². The molecule has 0 fully saturated rings. The van der Waals surface area contributed by atoms with Crippen molar-refractivity contribution in [3.8, 4) is 5.75 Å². The fourth-order valence-corrected chi connectivity index (χ4v) is 1.71. The first-order valence-corrected chi connectivity index (χ1v) is 7.04. The van der Waals surface area contributed by atoms with Crippen molar-refractivity contribution >= 4 is 22.0 Å². The van der Waals surface area contributed by atoms with Crippen LogP contribution in [0.2, 0.25) is 0 Å². The van der Waals surface area contributed by atoms with Gasteiger partial charge >= 0.3 is 6.09 Å². The van der Waals surface area contributed by atoms with Crippen LogP contribution in [0.4, 0.5) is 9.18 Å². The van der Waals surface area contributed by atoms with Crippen molar-refractivity contribution in [1.82, 2.24) is 5.32 Å². The van der Waals surface area contributed by atoms with Crippen LogP contribution in [0.25, 0.3) is 0 Å². The van der Waals surface area contributed by atoms with Crippen LogP contribution in [0, 0.1) is 5.82 Å². The van der Waals surface area contributed by atoms with Gasteiger partial charge in [0.25, 0.3) is 0 Å². The summed E-state index contributed by atoms with van der Waals surface area (Å²) >= 11 is 3.08. The summed E-state index contributed by atoms with van der Waals surface area (Å²) in [4.78, 5) is 11.5. The fraction of sp³-hybridized carbons (Fsp3) is 0.500. The van der Waals surface area contributed by atoms with E-state index >= 15 is 0 Å². The van der Waals surface area contributed by atoms with Crippen LogP contribution in [0.5, 0.6) is 5.75 Å². The molecule has 1 aromatic rings. The standard InChI is InChI=1S/C14H19BrFNO3/c1-9(17-13(18)20-14(2,3)4)8-19-11-7-5-6-10(15)12(11)16/h5-7,9H,8H2,1-4H3,(H,17,18)/t9-/m0/s1. The molecule has 0 aromatic heterocycles. The Bertz CT molecular complexity index is 474. The number of nitrogens with one attached hydrogen (secondary N) is 1. The van der Waals surface area contributed by atoms with Gasteiger partial charge in [0.15, 0.2) is 11.6 Å². The molecule has 20 heavy (non-hydrogen) atoms. The van der Waals surface area contributed by atoms with Crippen molar-refractivity contribution in [3.63, 3.8) is 0 Å². The molecule has 1 N–H and O–H groups in total. The zero-order chi connectivity index (χ0) is 15.3. The average Bonchev–Trinajstić information content (AvgIpc) is 2.28. The summed E-state index contributed by atoms with van der Waals surface area (Å²) in [6.07, 6.45) is -0.525. The van der Waals surface area contributed by atoms with Gasteiger partial charge < -0.3 is 14.8 Å². The third-order valence-corrected chi connectivity index (χ3v) is 2.78. The molecule has 0 radical (unpaired) electrons. The summed E-state index contributed by atoms with van der Waals surface area (Å²) in [5.41, 5.74) is -0.555. The molecule has 1 amide bonds. The number of carbonyl (C=O) groups excluding carboxylic acids is 1. The van der Waals surface area contributed by atoms with E-state index in [-0.39, 0.29) is 18.4 Å². The van der Waals surface area contributed by atoms with Crippen LogP contribution in [0.15, 0.2) is 22.7 Å². The molecule has 6 heteroatoms. The highest BCUT2D eigenvalue weighted by molar-refractivity contribution is 9.10. The molecule has 0 heterocycles. The van der Waals surface area contributed by atoms with Gasteiger partial charge in [-0.15, -0.1) is 0 Å². The molecule has 1 aromatic carbocycles. The molecule has 112 valence electrons. The highest BCUT2D eigenvalue weighted by Gasteiger charge is 2.18. The monoisotopic (exact) mass is 347 g/mol. The third-order valence-electron chi connectivity index (χ3n) is 2.17. The van der Waals surface area contributed by atoms with Gasteiger partial charge in [0.2, 0.25) is 0 Å². The summed E-state index contributed by atoms with van der Waals surface area (Å²) in [6.45, 7) is 7.24. The smallest absolute Gasteiger partial charge is 0.407 e. The van der Waals surface area contributed by atoms with E-state index in [2.05, 4.69) is 21.2 Å². The molecule has 0 unspecified atom stereocenters. The van der Waals surface area contributed by atoms with E-state index in [4.69, 9.17) is 9.47 Å². The Kier molecular flexibility index (Phi) is 5.80. The SMILES string of the molecule is C[C@@H](COc1cccc(Br)c1F)NC(=O)OC(C)(C)C. The Morgan fingerprint density at radius 1 is 1.45 bits per heavy atom. The van der Waals surface area contributed by atoms with Crippen LogP contribution in [0.3, 0.4) is 0 Å². The Balaban J connectivity index is 2.46. The predicted octanol–water partition coefficient (Wildman–Crippen LogP) is 3.88. The van der Waals surface area contributed by atoms with Gasteiger partial charge in [0.05, 0.1) is 10.5 Å². The quantitative estimate of drug-likeness (QED) is 0.898. The number of hydrogen-bond donors (Lipinski definition) is 1. The Hall–Kier alpha value is -1.30. The largest absolute Gasteiger partial charge is 0.488 e. The maximum Gasteiger partial charge on any atom is 0.407 e. The molecule has 0 bridgehead atoms. The van der Waals surface area contributed by atoms with E-state index < -0.39 is 17.5 Å². The summed E-state index contributed by atoms with van der Waals surface area (Å²) in [5, 5.41) is 2.62. The van der Waals surface area contributed by atoms with Gasteiger partial charge in [0, 0.05) is 0 Å². The van der Waals surface area contributed by atoms with Gasteiger partial charge in [-0.05, 0) is 55.8 Å². The molecule has 0 saturated heterocycles. The second-order valence-corrected chi connectivity index (χ2v) is 6.26. The Labute approximate surface area is 126 Å². The fourth-order valence-electron chi connectivity index (χ4n) is 1.36. The van der Waals surface area contributed by atoms with Crippen molar-refractivity contribution in [2.24, 2.45) is 0 Å². The third kappa shape index (κ3) is 5.77. The minimum absolute atomic E-state index is 0.136. The first kappa shape index (κ1) is 16.8. The number of alkyl carbamates (subject to hydrolysis) is 1. The van der Waals surface area contributed by atoms with Gasteiger partial charge in [-0.2, -0.15) is 0 Å². The molecule has 0 saturated carbocycles. The van der Waals surface area contributed by atoms with Crippen molar-refractivity contribution < 1.29 is 18.7 Å². The number of hydrogen-bond acceptors (Lipinski definition) is 3. The lowest BCUT2D eigenvalue weighted by atomic mass is 10.2. The van der Waals surface area contributed by atoms with Crippen LogP contribution < -0.4 is 10.1 Å². The highest BCUT2D eigenvalue weighted by Crippen LogP contribution is 2.24. The summed E-state index contributed by atoms with van der Waals surface area (Å²) in [7, 11) is 0. The van der Waals surface area contributed by atoms with E-state index in [1.54, 1.807) is 39.8 Å². The molecule has 0 aliphatic heterocycles. The Morgan fingerprint density at radius 3 is 2.70 bits per heavy atom. The van der Waals surface area contributed by atoms with Gasteiger partial charge in [-0.25, -0.2) is 9.18 Å². The molecule has 0 aliphatic rings. The van der Waals surface area contributed by atoms with Crippen LogP contribution >= 0.6 is 15.9 Å². The number of carbonyl (C=O) groups is 1. The minimum Gasteiger partial charge on any atom is -0.488 e. The molecular formula is C14H19BrFNO3. The van der Waals surface area contributed by atoms with E-state index in [1.807, 2.05) is 0 Å². The van der Waals surface area contributed by atoms with Crippen LogP contribution in [-0.2, 0) is 4.74 Å². The lowest BCUT2D eigenvalue weighted by molar-refractivity contribution is 0.0493. The molecular weight excluding hydrogens is 329 g/mol. The second kappa shape index (κ2) is 6.92. The molecule has 0 spiro atoms. The first-order chi connectivity index (χ1) is 9.19. The lowest BCUT2D eigenvalue weighted by Crippen LogP contribution is -2.40. The molecule has 4 nitrogen and oxygen atoms in total. The summed E-state index contributed by atoms with van der Waals surface area (Å²) < 4.78 is 24.4. The van der Waals surface area contributed by atoms with Gasteiger partial charge in [-0.1, -0.05) is 6.07 Å². The minimum atomic E-state index is -0.555.